The minimum Gasteiger partial charge on any atom is -0.338 e. The number of tetrazole rings is 1. The third-order valence-corrected chi connectivity index (χ3v) is 6.69. The first-order valence-electron chi connectivity index (χ1n) is 12.3. The molecule has 0 aliphatic carbocycles. The van der Waals surface area contributed by atoms with Crippen molar-refractivity contribution >= 4 is 17.0 Å². The van der Waals surface area contributed by atoms with E-state index in [0.29, 0.717) is 17.9 Å². The van der Waals surface area contributed by atoms with Crippen molar-refractivity contribution in [3.63, 3.8) is 0 Å². The SMILES string of the molecule is CC1CCC(CN(C)C)N1Cc1ccn2ncnc(Nc3cccc(-c4nnn(C(C)C)n4)c3)c12. The molecule has 3 aromatic heterocycles. The Bertz CT molecular complexity index is 1290. The van der Waals surface area contributed by atoms with Gasteiger partial charge in [-0.25, -0.2) is 9.50 Å². The maximum Gasteiger partial charge on any atom is 0.205 e. The standard InChI is InChI=1S/C25H34N10/c1-17(2)35-30-24(29-31-35)19-7-6-8-21(13-19)28-25-23-20(11-12-34(23)27-16-26-25)14-33-18(3)9-10-22(33)15-32(4)5/h6-8,11-13,16-18,22H,9-10,14-15H2,1-5H3,(H,26,27,28). The number of fused-ring (bicyclic) bond motifs is 1. The van der Waals surface area contributed by atoms with E-state index in [1.54, 1.807) is 11.1 Å². The predicted octanol–water partition coefficient (Wildman–Crippen LogP) is 3.62. The summed E-state index contributed by atoms with van der Waals surface area (Å²) in [6.45, 7) is 8.34. The molecule has 0 saturated carbocycles. The lowest BCUT2D eigenvalue weighted by Crippen LogP contribution is -2.40. The van der Waals surface area contributed by atoms with Gasteiger partial charge in [0.25, 0.3) is 0 Å². The van der Waals surface area contributed by atoms with Gasteiger partial charge in [0.15, 0.2) is 5.82 Å². The highest BCUT2D eigenvalue weighted by molar-refractivity contribution is 5.77. The average molecular weight is 475 g/mol. The van der Waals surface area contributed by atoms with E-state index in [1.807, 2.05) is 48.8 Å². The predicted molar refractivity (Wildman–Crippen MR) is 136 cm³/mol. The number of aromatic nitrogens is 7. The molecule has 1 fully saturated rings. The van der Waals surface area contributed by atoms with Crippen LogP contribution < -0.4 is 5.32 Å². The lowest BCUT2D eigenvalue weighted by atomic mass is 10.2. The molecule has 5 rings (SSSR count). The van der Waals surface area contributed by atoms with E-state index in [1.165, 1.54) is 18.4 Å². The van der Waals surface area contributed by atoms with Crippen molar-refractivity contribution < 1.29 is 0 Å². The smallest absolute Gasteiger partial charge is 0.205 e. The molecule has 1 aromatic carbocycles. The number of nitrogens with one attached hydrogen (secondary N) is 1. The molecule has 0 spiro atoms. The van der Waals surface area contributed by atoms with Crippen LogP contribution in [0.15, 0.2) is 42.9 Å². The second kappa shape index (κ2) is 9.71. The van der Waals surface area contributed by atoms with Gasteiger partial charge in [-0.3, -0.25) is 4.90 Å². The molecule has 0 radical (unpaired) electrons. The van der Waals surface area contributed by atoms with E-state index in [4.69, 9.17) is 0 Å². The molecule has 1 saturated heterocycles. The molecule has 10 heteroatoms. The van der Waals surface area contributed by atoms with Crippen LogP contribution in [0.2, 0.25) is 0 Å². The van der Waals surface area contributed by atoms with E-state index >= 15 is 0 Å². The van der Waals surface area contributed by atoms with E-state index in [0.717, 1.165) is 35.7 Å². The van der Waals surface area contributed by atoms with Gasteiger partial charge in [0.1, 0.15) is 11.8 Å². The van der Waals surface area contributed by atoms with Gasteiger partial charge in [-0.2, -0.15) is 9.90 Å². The molecule has 4 aromatic rings. The number of anilines is 2. The summed E-state index contributed by atoms with van der Waals surface area (Å²) in [4.78, 5) is 11.1. The first kappa shape index (κ1) is 23.4. The van der Waals surface area contributed by atoms with Gasteiger partial charge < -0.3 is 10.2 Å². The summed E-state index contributed by atoms with van der Waals surface area (Å²) < 4.78 is 1.91. The Labute approximate surface area is 205 Å². The van der Waals surface area contributed by atoms with Crippen LogP contribution in [0.1, 0.15) is 45.2 Å². The number of benzene rings is 1. The van der Waals surface area contributed by atoms with Crippen molar-refractivity contribution in [1.82, 2.24) is 44.6 Å². The zero-order chi connectivity index (χ0) is 24.5. The molecular weight excluding hydrogens is 440 g/mol. The second-order valence-electron chi connectivity index (χ2n) is 9.99. The number of likely N-dealkylation sites (tertiary alicyclic amines) is 1. The van der Waals surface area contributed by atoms with Gasteiger partial charge in [-0.05, 0) is 76.7 Å². The molecule has 4 heterocycles. The highest BCUT2D eigenvalue weighted by Crippen LogP contribution is 2.30. The fourth-order valence-electron chi connectivity index (χ4n) is 4.89. The summed E-state index contributed by atoms with van der Waals surface area (Å²) in [5, 5.41) is 20.8. The molecule has 1 N–H and O–H groups in total. The van der Waals surface area contributed by atoms with E-state index in [9.17, 15) is 0 Å². The van der Waals surface area contributed by atoms with E-state index < -0.39 is 0 Å². The van der Waals surface area contributed by atoms with Gasteiger partial charge in [0.05, 0.1) is 6.04 Å². The fraction of sp³-hybridized carbons (Fsp3) is 0.480. The maximum atomic E-state index is 4.61. The van der Waals surface area contributed by atoms with Crippen molar-refractivity contribution in [3.05, 3.63) is 48.4 Å². The zero-order valence-corrected chi connectivity index (χ0v) is 21.1. The highest BCUT2D eigenvalue weighted by atomic mass is 15.6. The number of hydrogen-bond donors (Lipinski definition) is 1. The summed E-state index contributed by atoms with van der Waals surface area (Å²) in [5.41, 5.74) is 4.05. The van der Waals surface area contributed by atoms with Crippen molar-refractivity contribution in [2.45, 2.75) is 58.3 Å². The summed E-state index contributed by atoms with van der Waals surface area (Å²) >= 11 is 0. The lowest BCUT2D eigenvalue weighted by molar-refractivity contribution is 0.164. The summed E-state index contributed by atoms with van der Waals surface area (Å²) in [6, 6.07) is 11.5. The van der Waals surface area contributed by atoms with Crippen LogP contribution in [-0.4, -0.2) is 77.3 Å². The van der Waals surface area contributed by atoms with Crippen LogP contribution in [0.4, 0.5) is 11.5 Å². The molecule has 184 valence electrons. The fourth-order valence-corrected chi connectivity index (χ4v) is 4.89. The lowest BCUT2D eigenvalue weighted by Gasteiger charge is -2.30. The Kier molecular flexibility index (Phi) is 6.48. The molecular formula is C25H34N10. The number of likely N-dealkylation sites (N-methyl/N-ethyl adjacent to an activating group) is 1. The minimum absolute atomic E-state index is 0.162. The Hall–Kier alpha value is -3.37. The second-order valence-corrected chi connectivity index (χ2v) is 9.99. The Balaban J connectivity index is 1.42. The minimum atomic E-state index is 0.162. The summed E-state index contributed by atoms with van der Waals surface area (Å²) in [6.07, 6.45) is 6.07. The van der Waals surface area contributed by atoms with Crippen LogP contribution in [0, 0.1) is 0 Å². The Morgan fingerprint density at radius 1 is 1.17 bits per heavy atom. The first-order chi connectivity index (χ1) is 16.9. The van der Waals surface area contributed by atoms with Crippen molar-refractivity contribution in [3.8, 4) is 11.4 Å². The van der Waals surface area contributed by atoms with Gasteiger partial charge in [-0.1, -0.05) is 12.1 Å². The third kappa shape index (κ3) is 4.89. The Morgan fingerprint density at radius 3 is 2.80 bits per heavy atom. The van der Waals surface area contributed by atoms with E-state index in [-0.39, 0.29) is 6.04 Å². The van der Waals surface area contributed by atoms with E-state index in [2.05, 4.69) is 67.7 Å². The Morgan fingerprint density at radius 2 is 2.03 bits per heavy atom. The molecule has 2 atom stereocenters. The largest absolute Gasteiger partial charge is 0.338 e. The monoisotopic (exact) mass is 474 g/mol. The van der Waals surface area contributed by atoms with Crippen molar-refractivity contribution in [2.75, 3.05) is 26.0 Å². The van der Waals surface area contributed by atoms with Gasteiger partial charge in [0.2, 0.25) is 5.82 Å². The molecule has 1 aliphatic rings. The van der Waals surface area contributed by atoms with Gasteiger partial charge in [-0.15, -0.1) is 10.2 Å². The molecule has 10 nitrogen and oxygen atoms in total. The number of nitrogens with zero attached hydrogens (tertiary/aromatic N) is 9. The highest BCUT2D eigenvalue weighted by Gasteiger charge is 2.31. The normalized spacial score (nSPS) is 18.8. The molecule has 1 aliphatic heterocycles. The average Bonchev–Trinajstić information content (AvgIpc) is 3.55. The van der Waals surface area contributed by atoms with Crippen molar-refractivity contribution in [1.29, 1.82) is 0 Å². The van der Waals surface area contributed by atoms with Crippen LogP contribution in [0.3, 0.4) is 0 Å². The third-order valence-electron chi connectivity index (χ3n) is 6.69. The summed E-state index contributed by atoms with van der Waals surface area (Å²) in [5.74, 6) is 1.39. The quantitative estimate of drug-likeness (QED) is 0.414. The number of hydrogen-bond acceptors (Lipinski definition) is 8. The molecule has 0 amide bonds. The zero-order valence-electron chi connectivity index (χ0n) is 21.1. The molecule has 2 unspecified atom stereocenters. The first-order valence-corrected chi connectivity index (χ1v) is 12.3. The number of rotatable bonds is 8. The van der Waals surface area contributed by atoms with Crippen LogP contribution in [-0.2, 0) is 6.54 Å². The van der Waals surface area contributed by atoms with Crippen molar-refractivity contribution in [2.24, 2.45) is 0 Å². The molecule has 0 bridgehead atoms. The van der Waals surface area contributed by atoms with Crippen LogP contribution in [0.25, 0.3) is 16.9 Å². The van der Waals surface area contributed by atoms with Gasteiger partial charge >= 0.3 is 0 Å². The van der Waals surface area contributed by atoms with Crippen LogP contribution in [0.5, 0.6) is 0 Å². The van der Waals surface area contributed by atoms with Gasteiger partial charge in [0, 0.05) is 42.6 Å². The topological polar surface area (TPSA) is 92.3 Å². The maximum absolute atomic E-state index is 4.61. The summed E-state index contributed by atoms with van der Waals surface area (Å²) in [7, 11) is 4.30. The molecule has 35 heavy (non-hydrogen) atoms. The van der Waals surface area contributed by atoms with Crippen LogP contribution >= 0.6 is 0 Å².